The summed E-state index contributed by atoms with van der Waals surface area (Å²) in [7, 11) is 0. The maximum Gasteiger partial charge on any atom is 0.230 e. The van der Waals surface area contributed by atoms with Gasteiger partial charge in [0.15, 0.2) is 0 Å². The van der Waals surface area contributed by atoms with Crippen LogP contribution in [-0.2, 0) is 16.8 Å². The zero-order valence-electron chi connectivity index (χ0n) is 12.3. The van der Waals surface area contributed by atoms with Crippen LogP contribution < -0.4 is 11.1 Å². The first-order valence-electron chi connectivity index (χ1n) is 6.82. The van der Waals surface area contributed by atoms with Gasteiger partial charge >= 0.3 is 0 Å². The van der Waals surface area contributed by atoms with E-state index in [1.807, 2.05) is 32.0 Å². The number of amides is 1. The van der Waals surface area contributed by atoms with E-state index in [1.54, 1.807) is 30.3 Å². The van der Waals surface area contributed by atoms with Crippen molar-refractivity contribution in [1.82, 2.24) is 5.32 Å². The van der Waals surface area contributed by atoms with Crippen LogP contribution in [0.5, 0.6) is 5.75 Å². The van der Waals surface area contributed by atoms with E-state index in [1.165, 1.54) is 0 Å². The molecule has 0 aromatic heterocycles. The molecule has 0 aliphatic rings. The van der Waals surface area contributed by atoms with Crippen LogP contribution in [0.3, 0.4) is 0 Å². The summed E-state index contributed by atoms with van der Waals surface area (Å²) in [5, 5.41) is 12.6. The third-order valence-electron chi connectivity index (χ3n) is 3.63. The van der Waals surface area contributed by atoms with Crippen LogP contribution in [0.15, 0.2) is 48.5 Å². The van der Waals surface area contributed by atoms with E-state index in [-0.39, 0.29) is 11.7 Å². The van der Waals surface area contributed by atoms with E-state index in [0.29, 0.717) is 17.8 Å². The first kappa shape index (κ1) is 14.9. The van der Waals surface area contributed by atoms with Gasteiger partial charge in [-0.05, 0) is 37.6 Å². The zero-order chi connectivity index (χ0) is 15.5. The number of phenolic OH excluding ortho intramolecular Hbond substituents is 1. The van der Waals surface area contributed by atoms with E-state index in [9.17, 15) is 9.90 Å². The molecule has 0 bridgehead atoms. The number of rotatable bonds is 4. The largest absolute Gasteiger partial charge is 0.508 e. The topological polar surface area (TPSA) is 75.3 Å². The summed E-state index contributed by atoms with van der Waals surface area (Å²) in [5.74, 6) is 0.0821. The number of phenols is 1. The number of carbonyl (C=O) groups excluding carboxylic acids is 1. The van der Waals surface area contributed by atoms with Crippen LogP contribution >= 0.6 is 0 Å². The van der Waals surface area contributed by atoms with Gasteiger partial charge in [-0.2, -0.15) is 0 Å². The van der Waals surface area contributed by atoms with Crippen molar-refractivity contribution >= 4 is 11.6 Å². The van der Waals surface area contributed by atoms with Crippen molar-refractivity contribution < 1.29 is 9.90 Å². The van der Waals surface area contributed by atoms with Gasteiger partial charge in [-0.25, -0.2) is 0 Å². The molecular formula is C17H20N2O2. The summed E-state index contributed by atoms with van der Waals surface area (Å²) in [6.45, 7) is 4.02. The Hall–Kier alpha value is -2.49. The monoisotopic (exact) mass is 284 g/mol. The Morgan fingerprint density at radius 2 is 1.76 bits per heavy atom. The highest BCUT2D eigenvalue weighted by Crippen LogP contribution is 2.24. The number of nitrogens with two attached hydrogens (primary N) is 1. The molecular weight excluding hydrogens is 264 g/mol. The summed E-state index contributed by atoms with van der Waals surface area (Å²) >= 11 is 0. The quantitative estimate of drug-likeness (QED) is 0.755. The molecule has 0 heterocycles. The van der Waals surface area contributed by atoms with Crippen molar-refractivity contribution in [1.29, 1.82) is 0 Å². The molecule has 0 aliphatic carbocycles. The van der Waals surface area contributed by atoms with Crippen LogP contribution in [-0.4, -0.2) is 11.0 Å². The van der Waals surface area contributed by atoms with Crippen LogP contribution in [0.25, 0.3) is 0 Å². The number of nitrogen functional groups attached to an aromatic ring is 1. The van der Waals surface area contributed by atoms with E-state index < -0.39 is 5.41 Å². The number of para-hydroxylation sites is 1. The Bertz CT molecular complexity index is 633. The molecule has 0 fully saturated rings. The van der Waals surface area contributed by atoms with E-state index in [0.717, 1.165) is 5.56 Å². The second-order valence-electron chi connectivity index (χ2n) is 5.56. The lowest BCUT2D eigenvalue weighted by molar-refractivity contribution is -0.125. The fraction of sp³-hybridized carbons (Fsp3) is 0.235. The summed E-state index contributed by atoms with van der Waals surface area (Å²) in [4.78, 5) is 12.4. The Kier molecular flexibility index (Phi) is 4.17. The second kappa shape index (κ2) is 5.87. The molecule has 4 heteroatoms. The van der Waals surface area contributed by atoms with Gasteiger partial charge in [0.1, 0.15) is 5.75 Å². The molecule has 0 atom stereocenters. The summed E-state index contributed by atoms with van der Waals surface area (Å²) in [6.07, 6.45) is 0. The van der Waals surface area contributed by atoms with Crippen molar-refractivity contribution in [3.8, 4) is 5.75 Å². The molecule has 4 nitrogen and oxygen atoms in total. The predicted molar refractivity (Wildman–Crippen MR) is 83.8 cm³/mol. The Balaban J connectivity index is 2.08. The number of carbonyl (C=O) groups is 1. The van der Waals surface area contributed by atoms with Crippen LogP contribution in [0.4, 0.5) is 5.69 Å². The van der Waals surface area contributed by atoms with Gasteiger partial charge in [0.05, 0.1) is 5.41 Å². The number of anilines is 1. The van der Waals surface area contributed by atoms with Gasteiger partial charge in [0, 0.05) is 17.8 Å². The molecule has 2 rings (SSSR count). The first-order valence-corrected chi connectivity index (χ1v) is 6.82. The number of benzene rings is 2. The number of aromatic hydroxyl groups is 1. The molecule has 0 unspecified atom stereocenters. The Labute approximate surface area is 124 Å². The zero-order valence-corrected chi connectivity index (χ0v) is 12.3. The van der Waals surface area contributed by atoms with Gasteiger partial charge in [-0.1, -0.05) is 30.3 Å². The number of hydrogen-bond donors (Lipinski definition) is 3. The number of hydrogen-bond acceptors (Lipinski definition) is 3. The molecule has 2 aromatic carbocycles. The highest BCUT2D eigenvalue weighted by Gasteiger charge is 2.29. The standard InChI is InChI=1S/C17H20N2O2/c1-17(2,13-7-9-14(18)10-8-13)16(21)19-11-12-5-3-4-6-15(12)20/h3-10,20H,11,18H2,1-2H3,(H,19,21). The summed E-state index contributed by atoms with van der Waals surface area (Å²) in [6, 6.07) is 14.2. The smallest absolute Gasteiger partial charge is 0.230 e. The van der Waals surface area contributed by atoms with E-state index in [4.69, 9.17) is 5.73 Å². The third kappa shape index (κ3) is 3.34. The molecule has 4 N–H and O–H groups in total. The Morgan fingerprint density at radius 1 is 1.14 bits per heavy atom. The maximum absolute atomic E-state index is 12.4. The van der Waals surface area contributed by atoms with Crippen molar-refractivity contribution in [3.05, 3.63) is 59.7 Å². The number of nitrogens with one attached hydrogen (secondary N) is 1. The van der Waals surface area contributed by atoms with Crippen molar-refractivity contribution in [3.63, 3.8) is 0 Å². The van der Waals surface area contributed by atoms with Crippen molar-refractivity contribution in [2.75, 3.05) is 5.73 Å². The molecule has 0 radical (unpaired) electrons. The minimum Gasteiger partial charge on any atom is -0.508 e. The Morgan fingerprint density at radius 3 is 2.38 bits per heavy atom. The predicted octanol–water partition coefficient (Wildman–Crippen LogP) is 2.57. The first-order chi connectivity index (χ1) is 9.91. The third-order valence-corrected chi connectivity index (χ3v) is 3.63. The van der Waals surface area contributed by atoms with E-state index in [2.05, 4.69) is 5.32 Å². The molecule has 110 valence electrons. The van der Waals surface area contributed by atoms with Gasteiger partial charge in [0.25, 0.3) is 0 Å². The second-order valence-corrected chi connectivity index (χ2v) is 5.56. The van der Waals surface area contributed by atoms with Crippen molar-refractivity contribution in [2.24, 2.45) is 0 Å². The normalized spacial score (nSPS) is 11.1. The lowest BCUT2D eigenvalue weighted by atomic mass is 9.83. The fourth-order valence-electron chi connectivity index (χ4n) is 2.09. The summed E-state index contributed by atoms with van der Waals surface area (Å²) in [5.41, 5.74) is 7.26. The van der Waals surface area contributed by atoms with Gasteiger partial charge < -0.3 is 16.2 Å². The maximum atomic E-state index is 12.4. The van der Waals surface area contributed by atoms with Gasteiger partial charge in [0.2, 0.25) is 5.91 Å². The lowest BCUT2D eigenvalue weighted by Gasteiger charge is -2.24. The molecule has 0 spiro atoms. The van der Waals surface area contributed by atoms with Crippen LogP contribution in [0.2, 0.25) is 0 Å². The van der Waals surface area contributed by atoms with Crippen molar-refractivity contribution in [2.45, 2.75) is 25.8 Å². The molecule has 0 saturated carbocycles. The summed E-state index contributed by atoms with van der Waals surface area (Å²) < 4.78 is 0. The fourth-order valence-corrected chi connectivity index (χ4v) is 2.09. The highest BCUT2D eigenvalue weighted by molar-refractivity contribution is 5.87. The van der Waals surface area contributed by atoms with Gasteiger partial charge in [-0.15, -0.1) is 0 Å². The molecule has 0 saturated heterocycles. The average Bonchev–Trinajstić information content (AvgIpc) is 2.46. The SMILES string of the molecule is CC(C)(C(=O)NCc1ccccc1O)c1ccc(N)cc1. The molecule has 2 aromatic rings. The lowest BCUT2D eigenvalue weighted by Crippen LogP contribution is -2.39. The highest BCUT2D eigenvalue weighted by atomic mass is 16.3. The molecule has 0 aliphatic heterocycles. The van der Waals surface area contributed by atoms with Crippen LogP contribution in [0, 0.1) is 0 Å². The van der Waals surface area contributed by atoms with E-state index >= 15 is 0 Å². The average molecular weight is 284 g/mol. The minimum absolute atomic E-state index is 0.101. The molecule has 21 heavy (non-hydrogen) atoms. The molecule has 1 amide bonds. The van der Waals surface area contributed by atoms with Crippen LogP contribution in [0.1, 0.15) is 25.0 Å². The minimum atomic E-state index is -0.669. The van der Waals surface area contributed by atoms with Gasteiger partial charge in [-0.3, -0.25) is 4.79 Å².